The predicted molar refractivity (Wildman–Crippen MR) is 65.9 cm³/mol. The van der Waals surface area contributed by atoms with Crippen LogP contribution in [0.1, 0.15) is 29.5 Å². The Morgan fingerprint density at radius 2 is 2.29 bits per heavy atom. The molecule has 0 aliphatic carbocycles. The summed E-state index contributed by atoms with van der Waals surface area (Å²) in [7, 11) is 1.63. The molecule has 0 radical (unpaired) electrons. The molecular formula is C11H20N4O2. The molecule has 0 aliphatic rings. The third kappa shape index (κ3) is 3.20. The predicted octanol–water partition coefficient (Wildman–Crippen LogP) is 0.560. The summed E-state index contributed by atoms with van der Waals surface area (Å²) in [6.45, 7) is 5.54. The van der Waals surface area contributed by atoms with Crippen molar-refractivity contribution >= 4 is 11.6 Å². The van der Waals surface area contributed by atoms with Crippen molar-refractivity contribution in [1.82, 2.24) is 15.1 Å². The summed E-state index contributed by atoms with van der Waals surface area (Å²) in [4.78, 5) is 11.9. The van der Waals surface area contributed by atoms with E-state index in [0.717, 1.165) is 6.42 Å². The lowest BCUT2D eigenvalue weighted by Gasteiger charge is -2.07. The van der Waals surface area contributed by atoms with Gasteiger partial charge in [-0.3, -0.25) is 9.48 Å². The Morgan fingerprint density at radius 3 is 2.88 bits per heavy atom. The van der Waals surface area contributed by atoms with Gasteiger partial charge in [-0.1, -0.05) is 0 Å². The van der Waals surface area contributed by atoms with E-state index in [1.807, 2.05) is 6.92 Å². The van der Waals surface area contributed by atoms with E-state index < -0.39 is 0 Å². The van der Waals surface area contributed by atoms with Crippen molar-refractivity contribution in [3.8, 4) is 0 Å². The number of nitrogens with zero attached hydrogens (tertiary/aromatic N) is 2. The number of carbonyl (C=O) groups is 1. The number of nitrogens with one attached hydrogen (secondary N) is 1. The molecule has 0 unspecified atom stereocenters. The minimum absolute atomic E-state index is 0.180. The zero-order chi connectivity index (χ0) is 12.8. The Hall–Kier alpha value is -1.56. The highest BCUT2D eigenvalue weighted by Crippen LogP contribution is 2.15. The smallest absolute Gasteiger partial charge is 0.271 e. The largest absolute Gasteiger partial charge is 0.395 e. The molecule has 0 saturated heterocycles. The molecule has 1 aromatic heterocycles. The van der Waals surface area contributed by atoms with Gasteiger partial charge in [-0.2, -0.15) is 5.10 Å². The first-order valence-corrected chi connectivity index (χ1v) is 5.71. The van der Waals surface area contributed by atoms with Gasteiger partial charge in [-0.15, -0.1) is 0 Å². The Morgan fingerprint density at radius 1 is 1.59 bits per heavy atom. The van der Waals surface area contributed by atoms with Gasteiger partial charge in [0.2, 0.25) is 0 Å². The number of rotatable bonds is 6. The number of anilines is 1. The second kappa shape index (κ2) is 6.24. The standard InChI is InChI=1S/C11H20N4O2/c1-4-15-10(9(12)8(2)14-15)11(16)13-6-5-7-17-3/h4-7,12H2,1-3H3,(H,13,16). The van der Waals surface area contributed by atoms with Crippen LogP contribution in [-0.4, -0.2) is 35.9 Å². The molecule has 6 heteroatoms. The summed E-state index contributed by atoms with van der Waals surface area (Å²) in [5, 5.41) is 7.00. The van der Waals surface area contributed by atoms with Crippen LogP contribution in [0.25, 0.3) is 0 Å². The van der Waals surface area contributed by atoms with E-state index in [4.69, 9.17) is 10.5 Å². The van der Waals surface area contributed by atoms with Gasteiger partial charge < -0.3 is 15.8 Å². The fourth-order valence-electron chi connectivity index (χ4n) is 1.57. The summed E-state index contributed by atoms with van der Waals surface area (Å²) < 4.78 is 6.53. The maximum absolute atomic E-state index is 11.9. The summed E-state index contributed by atoms with van der Waals surface area (Å²) in [5.74, 6) is -0.180. The molecule has 3 N–H and O–H groups in total. The Balaban J connectivity index is 2.68. The van der Waals surface area contributed by atoms with Gasteiger partial charge in [-0.05, 0) is 20.3 Å². The van der Waals surface area contributed by atoms with Crippen molar-refractivity contribution in [2.24, 2.45) is 0 Å². The molecule has 0 fully saturated rings. The highest BCUT2D eigenvalue weighted by Gasteiger charge is 2.18. The van der Waals surface area contributed by atoms with Crippen molar-refractivity contribution in [3.05, 3.63) is 11.4 Å². The van der Waals surface area contributed by atoms with Crippen LogP contribution in [-0.2, 0) is 11.3 Å². The lowest BCUT2D eigenvalue weighted by Crippen LogP contribution is -2.28. The minimum atomic E-state index is -0.180. The third-order valence-electron chi connectivity index (χ3n) is 2.50. The highest BCUT2D eigenvalue weighted by atomic mass is 16.5. The fraction of sp³-hybridized carbons (Fsp3) is 0.636. The Labute approximate surface area is 101 Å². The molecular weight excluding hydrogens is 220 g/mol. The van der Waals surface area contributed by atoms with Gasteiger partial charge in [0, 0.05) is 26.8 Å². The number of hydrogen-bond donors (Lipinski definition) is 2. The van der Waals surface area contributed by atoms with Crippen molar-refractivity contribution in [2.45, 2.75) is 26.8 Å². The van der Waals surface area contributed by atoms with E-state index in [-0.39, 0.29) is 5.91 Å². The lowest BCUT2D eigenvalue weighted by atomic mass is 10.3. The maximum Gasteiger partial charge on any atom is 0.271 e. The van der Waals surface area contributed by atoms with Crippen molar-refractivity contribution in [1.29, 1.82) is 0 Å². The van der Waals surface area contributed by atoms with Crippen molar-refractivity contribution in [2.75, 3.05) is 26.0 Å². The van der Waals surface area contributed by atoms with Gasteiger partial charge in [0.1, 0.15) is 5.69 Å². The first-order chi connectivity index (χ1) is 8.11. The van der Waals surface area contributed by atoms with Crippen LogP contribution in [0, 0.1) is 6.92 Å². The third-order valence-corrected chi connectivity index (χ3v) is 2.50. The average Bonchev–Trinajstić information content (AvgIpc) is 2.61. The maximum atomic E-state index is 11.9. The van der Waals surface area contributed by atoms with Crippen molar-refractivity contribution < 1.29 is 9.53 Å². The van der Waals surface area contributed by atoms with E-state index in [1.165, 1.54) is 0 Å². The summed E-state index contributed by atoms with van der Waals surface area (Å²) >= 11 is 0. The van der Waals surface area contributed by atoms with Gasteiger partial charge in [-0.25, -0.2) is 0 Å². The molecule has 1 rings (SSSR count). The fourth-order valence-corrected chi connectivity index (χ4v) is 1.57. The molecule has 1 heterocycles. The number of methoxy groups -OCH3 is 1. The van der Waals surface area contributed by atoms with E-state index in [9.17, 15) is 4.79 Å². The zero-order valence-electron chi connectivity index (χ0n) is 10.6. The first kappa shape index (κ1) is 13.5. The average molecular weight is 240 g/mol. The van der Waals surface area contributed by atoms with Crippen LogP contribution in [0.5, 0.6) is 0 Å². The van der Waals surface area contributed by atoms with E-state index in [0.29, 0.717) is 36.8 Å². The number of carbonyl (C=O) groups excluding carboxylic acids is 1. The second-order valence-corrected chi connectivity index (χ2v) is 3.77. The molecule has 17 heavy (non-hydrogen) atoms. The Kier molecular flexibility index (Phi) is 4.96. The number of ether oxygens (including phenoxy) is 1. The highest BCUT2D eigenvalue weighted by molar-refractivity contribution is 5.97. The molecule has 0 spiro atoms. The number of aryl methyl sites for hydroxylation is 2. The monoisotopic (exact) mass is 240 g/mol. The molecule has 0 bridgehead atoms. The van der Waals surface area contributed by atoms with Crippen LogP contribution in [0.15, 0.2) is 0 Å². The molecule has 96 valence electrons. The van der Waals surface area contributed by atoms with Crippen molar-refractivity contribution in [3.63, 3.8) is 0 Å². The second-order valence-electron chi connectivity index (χ2n) is 3.77. The molecule has 0 saturated carbocycles. The summed E-state index contributed by atoms with van der Waals surface area (Å²) in [6.07, 6.45) is 0.779. The molecule has 1 aromatic rings. The number of hydrogen-bond acceptors (Lipinski definition) is 4. The molecule has 1 amide bonds. The van der Waals surface area contributed by atoms with Gasteiger partial charge in [0.05, 0.1) is 11.4 Å². The topological polar surface area (TPSA) is 82.2 Å². The molecule has 0 atom stereocenters. The van der Waals surface area contributed by atoms with Crippen LogP contribution in [0.3, 0.4) is 0 Å². The lowest BCUT2D eigenvalue weighted by molar-refractivity contribution is 0.0939. The molecule has 0 aromatic carbocycles. The minimum Gasteiger partial charge on any atom is -0.395 e. The quantitative estimate of drug-likeness (QED) is 0.712. The number of nitrogen functional groups attached to an aromatic ring is 1. The summed E-state index contributed by atoms with van der Waals surface area (Å²) in [6, 6.07) is 0. The summed E-state index contributed by atoms with van der Waals surface area (Å²) in [5.41, 5.74) is 7.43. The molecule has 0 aliphatic heterocycles. The first-order valence-electron chi connectivity index (χ1n) is 5.71. The zero-order valence-corrected chi connectivity index (χ0v) is 10.6. The van der Waals surface area contributed by atoms with Crippen LogP contribution in [0.4, 0.5) is 5.69 Å². The van der Waals surface area contributed by atoms with Gasteiger partial charge in [0.15, 0.2) is 0 Å². The number of aromatic nitrogens is 2. The van der Waals surface area contributed by atoms with Crippen LogP contribution < -0.4 is 11.1 Å². The molecule has 6 nitrogen and oxygen atoms in total. The van der Waals surface area contributed by atoms with Gasteiger partial charge >= 0.3 is 0 Å². The number of amides is 1. The van der Waals surface area contributed by atoms with Crippen LogP contribution in [0.2, 0.25) is 0 Å². The SMILES string of the molecule is CCn1nc(C)c(N)c1C(=O)NCCCOC. The van der Waals surface area contributed by atoms with E-state index in [2.05, 4.69) is 10.4 Å². The van der Waals surface area contributed by atoms with Gasteiger partial charge in [0.25, 0.3) is 5.91 Å². The van der Waals surface area contributed by atoms with E-state index in [1.54, 1.807) is 18.7 Å². The Bertz CT molecular complexity index is 387. The van der Waals surface area contributed by atoms with Crippen LogP contribution >= 0.6 is 0 Å². The number of nitrogens with two attached hydrogens (primary N) is 1. The van der Waals surface area contributed by atoms with E-state index >= 15 is 0 Å². The normalized spacial score (nSPS) is 10.5.